The maximum atomic E-state index is 14.2. The second kappa shape index (κ2) is 8.18. The minimum atomic E-state index is -0.547. The summed E-state index contributed by atoms with van der Waals surface area (Å²) in [5.41, 5.74) is 0.863. The predicted octanol–water partition coefficient (Wildman–Crippen LogP) is 3.45. The molecule has 9 heteroatoms. The van der Waals surface area contributed by atoms with E-state index in [-0.39, 0.29) is 28.8 Å². The molecule has 1 aromatic heterocycles. The minimum Gasteiger partial charge on any atom is -0.489 e. The van der Waals surface area contributed by atoms with Gasteiger partial charge >= 0.3 is 5.97 Å². The van der Waals surface area contributed by atoms with Crippen molar-refractivity contribution < 1.29 is 18.7 Å². The van der Waals surface area contributed by atoms with Crippen molar-refractivity contribution in [3.8, 4) is 5.75 Å². The van der Waals surface area contributed by atoms with Gasteiger partial charge in [-0.25, -0.2) is 14.4 Å². The number of aromatic nitrogens is 2. The van der Waals surface area contributed by atoms with Crippen LogP contribution in [-0.2, 0) is 9.53 Å². The third-order valence-electron chi connectivity index (χ3n) is 4.69. The number of ether oxygens (including phenoxy) is 2. The molecule has 2 heterocycles. The van der Waals surface area contributed by atoms with Crippen molar-refractivity contribution in [2.45, 2.75) is 18.6 Å². The smallest absolute Gasteiger partial charge is 0.323 e. The molecule has 2 N–H and O–H groups in total. The number of nitrogens with zero attached hydrogens (tertiary/aromatic N) is 2. The third kappa shape index (κ3) is 4.08. The molecule has 150 valence electrons. The summed E-state index contributed by atoms with van der Waals surface area (Å²) in [4.78, 5) is 20.1. The molecule has 0 saturated carbocycles. The van der Waals surface area contributed by atoms with E-state index in [4.69, 9.17) is 21.1 Å². The summed E-state index contributed by atoms with van der Waals surface area (Å²) in [7, 11) is 1.36. The van der Waals surface area contributed by atoms with Gasteiger partial charge < -0.3 is 20.1 Å². The maximum absolute atomic E-state index is 14.2. The van der Waals surface area contributed by atoms with Gasteiger partial charge in [0, 0.05) is 24.4 Å². The molecule has 3 aromatic rings. The van der Waals surface area contributed by atoms with Gasteiger partial charge in [-0.15, -0.1) is 0 Å². The zero-order valence-corrected chi connectivity index (χ0v) is 16.2. The number of benzene rings is 2. The largest absolute Gasteiger partial charge is 0.489 e. The number of hydrogen-bond acceptors (Lipinski definition) is 7. The number of rotatable bonds is 5. The normalized spacial score (nSPS) is 18.6. The molecule has 29 heavy (non-hydrogen) atoms. The number of halogens is 2. The molecule has 0 amide bonds. The van der Waals surface area contributed by atoms with E-state index in [1.807, 2.05) is 0 Å². The van der Waals surface area contributed by atoms with Crippen LogP contribution < -0.4 is 15.4 Å². The summed E-state index contributed by atoms with van der Waals surface area (Å²) in [5.74, 6) is 0.227. The fraction of sp³-hybridized carbons (Fsp3) is 0.250. The monoisotopic (exact) mass is 416 g/mol. The Balaban J connectivity index is 1.54. The number of carbonyl (C=O) groups excluding carboxylic acids is 1. The first kappa shape index (κ1) is 19.4. The van der Waals surface area contributed by atoms with Gasteiger partial charge in [0.1, 0.15) is 30.0 Å². The van der Waals surface area contributed by atoms with Crippen molar-refractivity contribution in [3.05, 3.63) is 53.6 Å². The number of carbonyl (C=O) groups is 1. The Bertz CT molecular complexity index is 1070. The molecule has 0 aliphatic carbocycles. The summed E-state index contributed by atoms with van der Waals surface area (Å²) in [5, 5.41) is 6.77. The molecule has 4 rings (SSSR count). The molecular formula is C20H18ClFN4O3. The Morgan fingerprint density at radius 1 is 1.31 bits per heavy atom. The zero-order valence-electron chi connectivity index (χ0n) is 15.5. The van der Waals surface area contributed by atoms with Crippen LogP contribution in [0.2, 0.25) is 5.02 Å². The van der Waals surface area contributed by atoms with Crippen molar-refractivity contribution in [2.24, 2.45) is 0 Å². The number of esters is 1. The van der Waals surface area contributed by atoms with E-state index in [0.29, 0.717) is 35.4 Å². The lowest BCUT2D eigenvalue weighted by Crippen LogP contribution is -2.31. The highest BCUT2D eigenvalue weighted by atomic mass is 35.5. The van der Waals surface area contributed by atoms with E-state index in [1.54, 1.807) is 30.3 Å². The molecular weight excluding hydrogens is 399 g/mol. The molecule has 0 bridgehead atoms. The number of hydrogen-bond donors (Lipinski definition) is 2. The molecule has 1 saturated heterocycles. The first-order chi connectivity index (χ1) is 14.0. The lowest BCUT2D eigenvalue weighted by atomic mass is 10.2. The van der Waals surface area contributed by atoms with Gasteiger partial charge in [-0.1, -0.05) is 17.7 Å². The van der Waals surface area contributed by atoms with Crippen LogP contribution in [0, 0.1) is 5.82 Å². The molecule has 1 fully saturated rings. The molecule has 0 radical (unpaired) electrons. The van der Waals surface area contributed by atoms with E-state index in [1.165, 1.54) is 19.5 Å². The average molecular weight is 417 g/mol. The minimum absolute atomic E-state index is 0.0273. The second-order valence-electron chi connectivity index (χ2n) is 6.59. The zero-order chi connectivity index (χ0) is 20.4. The van der Waals surface area contributed by atoms with Crippen molar-refractivity contribution in [3.63, 3.8) is 0 Å². The Kier molecular flexibility index (Phi) is 5.46. The fourth-order valence-electron chi connectivity index (χ4n) is 3.24. The Morgan fingerprint density at radius 2 is 2.17 bits per heavy atom. The quantitative estimate of drug-likeness (QED) is 0.616. The van der Waals surface area contributed by atoms with Crippen LogP contribution in [0.4, 0.5) is 15.9 Å². The SMILES string of the molecule is COC(=O)[C@@H]1C[C@H](Oc2ccc3c(Nc4cccc(Cl)c4F)ncnc3c2)CN1. The molecule has 1 aliphatic rings. The molecule has 7 nitrogen and oxygen atoms in total. The average Bonchev–Trinajstić information content (AvgIpc) is 3.19. The Labute approximate surface area is 171 Å². The Hall–Kier alpha value is -2.97. The Morgan fingerprint density at radius 3 is 3.00 bits per heavy atom. The lowest BCUT2D eigenvalue weighted by Gasteiger charge is -2.14. The summed E-state index contributed by atoms with van der Waals surface area (Å²) in [6.45, 7) is 0.544. The fourth-order valence-corrected chi connectivity index (χ4v) is 3.42. The van der Waals surface area contributed by atoms with Crippen LogP contribution in [0.15, 0.2) is 42.7 Å². The highest BCUT2D eigenvalue weighted by Gasteiger charge is 2.31. The van der Waals surface area contributed by atoms with Crippen LogP contribution >= 0.6 is 11.6 Å². The second-order valence-corrected chi connectivity index (χ2v) is 6.99. The first-order valence-corrected chi connectivity index (χ1v) is 9.36. The van der Waals surface area contributed by atoms with Crippen molar-refractivity contribution in [1.29, 1.82) is 0 Å². The van der Waals surface area contributed by atoms with Gasteiger partial charge in [-0.3, -0.25) is 4.79 Å². The maximum Gasteiger partial charge on any atom is 0.323 e. The number of anilines is 2. The number of fused-ring (bicyclic) bond motifs is 1. The van der Waals surface area contributed by atoms with Gasteiger partial charge in [0.2, 0.25) is 0 Å². The predicted molar refractivity (Wildman–Crippen MR) is 107 cm³/mol. The molecule has 0 unspecified atom stereocenters. The summed E-state index contributed by atoms with van der Waals surface area (Å²) in [6.07, 6.45) is 1.76. The number of nitrogens with one attached hydrogen (secondary N) is 2. The van der Waals surface area contributed by atoms with Gasteiger partial charge in [0.15, 0.2) is 5.82 Å². The molecule has 2 aromatic carbocycles. The molecule has 2 atom stereocenters. The summed E-state index contributed by atoms with van der Waals surface area (Å²) in [6, 6.07) is 9.72. The van der Waals surface area contributed by atoms with Crippen LogP contribution in [-0.4, -0.2) is 41.7 Å². The van der Waals surface area contributed by atoms with Gasteiger partial charge in [-0.2, -0.15) is 0 Å². The van der Waals surface area contributed by atoms with E-state index >= 15 is 0 Å². The van der Waals surface area contributed by atoms with Crippen LogP contribution in [0.25, 0.3) is 10.9 Å². The standard InChI is InChI=1S/C20H18ClFN4O3/c1-28-20(27)17-8-12(9-23-17)29-11-5-6-13-16(7-11)24-10-25-19(13)26-15-4-2-3-14(21)18(15)22/h2-7,10,12,17,23H,8-9H2,1H3,(H,24,25,26)/t12-,17-/m0/s1. The first-order valence-electron chi connectivity index (χ1n) is 8.99. The van der Waals surface area contributed by atoms with Gasteiger partial charge in [-0.05, 0) is 24.3 Å². The highest BCUT2D eigenvalue weighted by molar-refractivity contribution is 6.31. The van der Waals surface area contributed by atoms with E-state index in [9.17, 15) is 9.18 Å². The lowest BCUT2D eigenvalue weighted by molar-refractivity contribution is -0.142. The van der Waals surface area contributed by atoms with E-state index < -0.39 is 5.82 Å². The summed E-state index contributed by atoms with van der Waals surface area (Å²) >= 11 is 5.84. The van der Waals surface area contributed by atoms with E-state index in [0.717, 1.165) is 0 Å². The van der Waals surface area contributed by atoms with Crippen LogP contribution in [0.3, 0.4) is 0 Å². The van der Waals surface area contributed by atoms with Crippen molar-refractivity contribution >= 4 is 40.0 Å². The van der Waals surface area contributed by atoms with Gasteiger partial charge in [0.05, 0.1) is 23.3 Å². The van der Waals surface area contributed by atoms with Gasteiger partial charge in [0.25, 0.3) is 0 Å². The third-order valence-corrected chi connectivity index (χ3v) is 4.98. The van der Waals surface area contributed by atoms with E-state index in [2.05, 4.69) is 20.6 Å². The topological polar surface area (TPSA) is 85.4 Å². The molecule has 1 aliphatic heterocycles. The van der Waals surface area contributed by atoms with Crippen LogP contribution in [0.5, 0.6) is 5.75 Å². The molecule has 0 spiro atoms. The highest BCUT2D eigenvalue weighted by Crippen LogP contribution is 2.30. The van der Waals surface area contributed by atoms with Crippen molar-refractivity contribution in [1.82, 2.24) is 15.3 Å². The van der Waals surface area contributed by atoms with Crippen LogP contribution in [0.1, 0.15) is 6.42 Å². The van der Waals surface area contributed by atoms with Crippen molar-refractivity contribution in [2.75, 3.05) is 19.0 Å². The summed E-state index contributed by atoms with van der Waals surface area (Å²) < 4.78 is 24.9. The number of methoxy groups -OCH3 is 1.